The van der Waals surface area contributed by atoms with Crippen molar-refractivity contribution in [2.45, 2.75) is 19.8 Å². The Morgan fingerprint density at radius 3 is 2.90 bits per heavy atom. The molecule has 0 aliphatic carbocycles. The van der Waals surface area contributed by atoms with Crippen LogP contribution in [0.4, 0.5) is 10.2 Å². The standard InChI is InChI=1S/C15H18FN3O2/c1-11-9-14(19(2)18-11)17-15(20)7-4-8-21-13-6-3-5-12(16)10-13/h3,5-6,9-10H,4,7-8H2,1-2H3,(H,17,20). The fourth-order valence-corrected chi connectivity index (χ4v) is 1.91. The Hall–Kier alpha value is -2.37. The van der Waals surface area contributed by atoms with Crippen molar-refractivity contribution < 1.29 is 13.9 Å². The van der Waals surface area contributed by atoms with E-state index in [4.69, 9.17) is 4.74 Å². The molecule has 6 heteroatoms. The maximum absolute atomic E-state index is 12.9. The van der Waals surface area contributed by atoms with Gasteiger partial charge in [0.15, 0.2) is 0 Å². The van der Waals surface area contributed by atoms with Gasteiger partial charge in [0.2, 0.25) is 5.91 Å². The summed E-state index contributed by atoms with van der Waals surface area (Å²) in [5, 5.41) is 6.94. The number of nitrogens with zero attached hydrogens (tertiary/aromatic N) is 2. The van der Waals surface area contributed by atoms with Gasteiger partial charge in [0.25, 0.3) is 0 Å². The van der Waals surface area contributed by atoms with Gasteiger partial charge in [0, 0.05) is 25.6 Å². The van der Waals surface area contributed by atoms with Gasteiger partial charge in [-0.25, -0.2) is 4.39 Å². The zero-order valence-electron chi connectivity index (χ0n) is 12.1. The quantitative estimate of drug-likeness (QED) is 0.832. The van der Waals surface area contributed by atoms with Crippen LogP contribution in [0.3, 0.4) is 0 Å². The maximum Gasteiger partial charge on any atom is 0.225 e. The first-order valence-electron chi connectivity index (χ1n) is 6.73. The van der Waals surface area contributed by atoms with E-state index in [2.05, 4.69) is 10.4 Å². The van der Waals surface area contributed by atoms with Crippen LogP contribution in [0.25, 0.3) is 0 Å². The van der Waals surface area contributed by atoms with E-state index in [-0.39, 0.29) is 11.7 Å². The summed E-state index contributed by atoms with van der Waals surface area (Å²) in [4.78, 5) is 11.8. The molecule has 21 heavy (non-hydrogen) atoms. The predicted molar refractivity (Wildman–Crippen MR) is 77.7 cm³/mol. The van der Waals surface area contributed by atoms with Crippen molar-refractivity contribution in [1.82, 2.24) is 9.78 Å². The van der Waals surface area contributed by atoms with Crippen molar-refractivity contribution in [2.24, 2.45) is 7.05 Å². The smallest absolute Gasteiger partial charge is 0.225 e. The van der Waals surface area contributed by atoms with Crippen molar-refractivity contribution in [3.05, 3.63) is 41.8 Å². The summed E-state index contributed by atoms with van der Waals surface area (Å²) in [5.41, 5.74) is 0.849. The van der Waals surface area contributed by atoms with Crippen LogP contribution in [0.2, 0.25) is 0 Å². The number of halogens is 1. The summed E-state index contributed by atoms with van der Waals surface area (Å²) in [6, 6.07) is 7.75. The third kappa shape index (κ3) is 4.59. The van der Waals surface area contributed by atoms with Crippen molar-refractivity contribution in [3.8, 4) is 5.75 Å². The molecule has 0 saturated heterocycles. The highest BCUT2D eigenvalue weighted by molar-refractivity contribution is 5.89. The lowest BCUT2D eigenvalue weighted by Gasteiger charge is -2.07. The molecule has 0 bridgehead atoms. The van der Waals surface area contributed by atoms with Gasteiger partial charge in [-0.05, 0) is 25.5 Å². The van der Waals surface area contributed by atoms with E-state index in [1.165, 1.54) is 12.1 Å². The first-order valence-corrected chi connectivity index (χ1v) is 6.73. The van der Waals surface area contributed by atoms with Gasteiger partial charge in [0.1, 0.15) is 17.4 Å². The Morgan fingerprint density at radius 1 is 1.43 bits per heavy atom. The van der Waals surface area contributed by atoms with Gasteiger partial charge < -0.3 is 10.1 Å². The highest BCUT2D eigenvalue weighted by atomic mass is 19.1. The van der Waals surface area contributed by atoms with E-state index in [0.717, 1.165) is 5.69 Å². The van der Waals surface area contributed by atoms with Crippen molar-refractivity contribution in [1.29, 1.82) is 0 Å². The number of aryl methyl sites for hydroxylation is 2. The summed E-state index contributed by atoms with van der Waals surface area (Å²) in [5.74, 6) is 0.707. The molecular formula is C15H18FN3O2. The Morgan fingerprint density at radius 2 is 2.24 bits per heavy atom. The lowest BCUT2D eigenvalue weighted by atomic mass is 10.3. The van der Waals surface area contributed by atoms with Gasteiger partial charge in [-0.2, -0.15) is 5.10 Å². The molecule has 2 rings (SSSR count). The molecule has 2 aromatic rings. The lowest BCUT2D eigenvalue weighted by molar-refractivity contribution is -0.116. The van der Waals surface area contributed by atoms with E-state index in [0.29, 0.717) is 31.0 Å². The summed E-state index contributed by atoms with van der Waals surface area (Å²) < 4.78 is 19.9. The molecular weight excluding hydrogens is 273 g/mol. The first-order chi connectivity index (χ1) is 10.0. The van der Waals surface area contributed by atoms with E-state index in [9.17, 15) is 9.18 Å². The van der Waals surface area contributed by atoms with Gasteiger partial charge in [-0.3, -0.25) is 9.48 Å². The van der Waals surface area contributed by atoms with Crippen molar-refractivity contribution in [2.75, 3.05) is 11.9 Å². The summed E-state index contributed by atoms with van der Waals surface area (Å²) >= 11 is 0. The highest BCUT2D eigenvalue weighted by Crippen LogP contribution is 2.13. The SMILES string of the molecule is Cc1cc(NC(=O)CCCOc2cccc(F)c2)n(C)n1. The molecule has 5 nitrogen and oxygen atoms in total. The number of nitrogens with one attached hydrogen (secondary N) is 1. The molecule has 112 valence electrons. The van der Waals surface area contributed by atoms with E-state index in [1.54, 1.807) is 29.9 Å². The minimum absolute atomic E-state index is 0.0964. The van der Waals surface area contributed by atoms with Crippen LogP contribution in [0.1, 0.15) is 18.5 Å². The van der Waals surface area contributed by atoms with E-state index < -0.39 is 0 Å². The zero-order valence-corrected chi connectivity index (χ0v) is 12.1. The highest BCUT2D eigenvalue weighted by Gasteiger charge is 2.07. The van der Waals surface area contributed by atoms with E-state index >= 15 is 0 Å². The monoisotopic (exact) mass is 291 g/mol. The average molecular weight is 291 g/mol. The molecule has 0 unspecified atom stereocenters. The minimum atomic E-state index is -0.336. The third-order valence-electron chi connectivity index (χ3n) is 2.88. The molecule has 1 N–H and O–H groups in total. The number of ether oxygens (including phenoxy) is 1. The largest absolute Gasteiger partial charge is 0.493 e. The number of hydrogen-bond donors (Lipinski definition) is 1. The van der Waals surface area contributed by atoms with Gasteiger partial charge in [0.05, 0.1) is 12.3 Å². The molecule has 0 atom stereocenters. The van der Waals surface area contributed by atoms with Crippen LogP contribution in [0, 0.1) is 12.7 Å². The number of amides is 1. The van der Waals surface area contributed by atoms with Crippen molar-refractivity contribution >= 4 is 11.7 Å². The Bertz CT molecular complexity index is 625. The fraction of sp³-hybridized carbons (Fsp3) is 0.333. The number of anilines is 1. The normalized spacial score (nSPS) is 10.4. The van der Waals surface area contributed by atoms with Crippen LogP contribution in [-0.2, 0) is 11.8 Å². The Balaban J connectivity index is 1.71. The molecule has 1 aromatic carbocycles. The molecule has 0 spiro atoms. The summed E-state index contributed by atoms with van der Waals surface area (Å²) in [6.45, 7) is 2.23. The lowest BCUT2D eigenvalue weighted by Crippen LogP contribution is -2.15. The second kappa shape index (κ2) is 6.88. The molecule has 0 aliphatic rings. The number of aromatic nitrogens is 2. The van der Waals surface area contributed by atoms with Crippen molar-refractivity contribution in [3.63, 3.8) is 0 Å². The average Bonchev–Trinajstić information content (AvgIpc) is 2.73. The van der Waals surface area contributed by atoms with Gasteiger partial charge in [-0.15, -0.1) is 0 Å². The molecule has 0 radical (unpaired) electrons. The number of carbonyl (C=O) groups is 1. The van der Waals surface area contributed by atoms with Gasteiger partial charge >= 0.3 is 0 Å². The maximum atomic E-state index is 12.9. The zero-order chi connectivity index (χ0) is 15.2. The minimum Gasteiger partial charge on any atom is -0.493 e. The number of benzene rings is 1. The van der Waals surface area contributed by atoms with Gasteiger partial charge in [-0.1, -0.05) is 6.07 Å². The van der Waals surface area contributed by atoms with Crippen LogP contribution < -0.4 is 10.1 Å². The molecule has 0 saturated carbocycles. The first kappa shape index (κ1) is 15.0. The topological polar surface area (TPSA) is 56.1 Å². The number of hydrogen-bond acceptors (Lipinski definition) is 3. The number of rotatable bonds is 6. The molecule has 0 aliphatic heterocycles. The predicted octanol–water partition coefficient (Wildman–Crippen LogP) is 2.67. The Labute approximate surface area is 122 Å². The van der Waals surface area contributed by atoms with Crippen LogP contribution in [0.15, 0.2) is 30.3 Å². The molecule has 1 amide bonds. The third-order valence-corrected chi connectivity index (χ3v) is 2.88. The molecule has 0 fully saturated rings. The van der Waals surface area contributed by atoms with E-state index in [1.807, 2.05) is 6.92 Å². The van der Waals surface area contributed by atoms with Crippen LogP contribution in [0.5, 0.6) is 5.75 Å². The summed E-state index contributed by atoms with van der Waals surface area (Å²) in [6.07, 6.45) is 0.888. The second-order valence-electron chi connectivity index (χ2n) is 4.75. The van der Waals surface area contributed by atoms with Crippen LogP contribution in [-0.4, -0.2) is 22.3 Å². The second-order valence-corrected chi connectivity index (χ2v) is 4.75. The molecule has 1 heterocycles. The summed E-state index contributed by atoms with van der Waals surface area (Å²) in [7, 11) is 1.77. The fourth-order valence-electron chi connectivity index (χ4n) is 1.91. The number of carbonyl (C=O) groups excluding carboxylic acids is 1. The Kier molecular flexibility index (Phi) is 4.92. The van der Waals surface area contributed by atoms with Crippen LogP contribution >= 0.6 is 0 Å². The molecule has 1 aromatic heterocycles.